The molecule has 1 saturated heterocycles. The second kappa shape index (κ2) is 11.2. The van der Waals surface area contributed by atoms with Crippen molar-refractivity contribution < 1.29 is 9.53 Å². The van der Waals surface area contributed by atoms with Gasteiger partial charge in [-0.1, -0.05) is 19.1 Å². The zero-order chi connectivity index (χ0) is 23.1. The van der Waals surface area contributed by atoms with Gasteiger partial charge in [0.15, 0.2) is 0 Å². The lowest BCUT2D eigenvalue weighted by Gasteiger charge is -2.43. The summed E-state index contributed by atoms with van der Waals surface area (Å²) >= 11 is 0. The fraction of sp³-hybridized carbons (Fsp3) is 0.444. The molecule has 2 aromatic carbocycles. The molecule has 0 N–H and O–H groups in total. The molecule has 1 heterocycles. The Morgan fingerprint density at radius 3 is 2.47 bits per heavy atom. The summed E-state index contributed by atoms with van der Waals surface area (Å²) < 4.78 is 5.51. The van der Waals surface area contributed by atoms with E-state index in [0.717, 1.165) is 48.7 Å². The number of likely N-dealkylation sites (tertiary alicyclic amines) is 1. The van der Waals surface area contributed by atoms with E-state index in [1.165, 1.54) is 0 Å². The Morgan fingerprint density at radius 2 is 1.88 bits per heavy atom. The van der Waals surface area contributed by atoms with Crippen LogP contribution in [0.2, 0.25) is 0 Å². The van der Waals surface area contributed by atoms with Crippen LogP contribution in [0.15, 0.2) is 61.2 Å². The van der Waals surface area contributed by atoms with Crippen LogP contribution in [0.5, 0.6) is 5.75 Å². The van der Waals surface area contributed by atoms with Crippen LogP contribution in [0.1, 0.15) is 37.6 Å². The van der Waals surface area contributed by atoms with Gasteiger partial charge in [0.1, 0.15) is 5.75 Å². The number of piperidine rings is 1. The lowest BCUT2D eigenvalue weighted by molar-refractivity contribution is 0.0773. The van der Waals surface area contributed by atoms with Gasteiger partial charge >= 0.3 is 0 Å². The maximum atomic E-state index is 12.8. The third kappa shape index (κ3) is 5.33. The molecular formula is C27H37N3O2. The average Bonchev–Trinajstić information content (AvgIpc) is 2.82. The van der Waals surface area contributed by atoms with Crippen molar-refractivity contribution >= 4 is 17.3 Å². The molecule has 0 aromatic heterocycles. The summed E-state index contributed by atoms with van der Waals surface area (Å²) in [4.78, 5) is 19.5. The summed E-state index contributed by atoms with van der Waals surface area (Å²) in [6.45, 7) is 14.7. The van der Waals surface area contributed by atoms with E-state index in [1.54, 1.807) is 7.11 Å². The monoisotopic (exact) mass is 435 g/mol. The van der Waals surface area contributed by atoms with Gasteiger partial charge in [-0.3, -0.25) is 9.69 Å². The Morgan fingerprint density at radius 1 is 1.16 bits per heavy atom. The number of carbonyl (C=O) groups is 1. The highest BCUT2D eigenvalue weighted by Crippen LogP contribution is 2.36. The number of nitrogens with zero attached hydrogens (tertiary/aromatic N) is 3. The van der Waals surface area contributed by atoms with Crippen molar-refractivity contribution in [2.45, 2.75) is 33.2 Å². The largest absolute Gasteiger partial charge is 0.497 e. The molecule has 1 fully saturated rings. The van der Waals surface area contributed by atoms with Crippen molar-refractivity contribution in [3.05, 3.63) is 66.7 Å². The molecule has 2 aromatic rings. The lowest BCUT2D eigenvalue weighted by Crippen LogP contribution is -2.48. The first kappa shape index (κ1) is 23.9. The van der Waals surface area contributed by atoms with Gasteiger partial charge in [-0.2, -0.15) is 0 Å². The number of methoxy groups -OCH3 is 1. The molecule has 2 atom stereocenters. The smallest absolute Gasteiger partial charge is 0.253 e. The quantitative estimate of drug-likeness (QED) is 0.507. The van der Waals surface area contributed by atoms with Crippen molar-refractivity contribution in [3.8, 4) is 5.75 Å². The SMILES string of the molecule is C=CCN1CC[C@H](N(c2ccc(C(=O)N(CC)CC)cc2)c2cccc(OC)c2)[C@H](C)C1. The molecule has 0 spiro atoms. The molecule has 32 heavy (non-hydrogen) atoms. The van der Waals surface area contributed by atoms with Gasteiger partial charge in [0.25, 0.3) is 5.91 Å². The Balaban J connectivity index is 1.94. The van der Waals surface area contributed by atoms with Gasteiger partial charge in [0.2, 0.25) is 0 Å². The second-order valence-corrected chi connectivity index (χ2v) is 8.48. The third-order valence-electron chi connectivity index (χ3n) is 6.44. The van der Waals surface area contributed by atoms with Crippen LogP contribution in [-0.2, 0) is 0 Å². The molecule has 5 heteroatoms. The van der Waals surface area contributed by atoms with E-state index in [4.69, 9.17) is 4.74 Å². The summed E-state index contributed by atoms with van der Waals surface area (Å²) in [7, 11) is 1.70. The standard InChI is InChI=1S/C27H37N3O2/c1-6-17-28-18-16-26(21(4)20-28)30(24-10-9-11-25(19-24)32-5)23-14-12-22(13-15-23)27(31)29(7-2)8-3/h6,9-15,19,21,26H,1,7-8,16-18,20H2,2-5H3/t21-,26+/m1/s1. The molecule has 1 amide bonds. The zero-order valence-electron chi connectivity index (χ0n) is 20.0. The minimum absolute atomic E-state index is 0.0839. The molecule has 0 radical (unpaired) electrons. The van der Waals surface area contributed by atoms with E-state index in [-0.39, 0.29) is 5.91 Å². The fourth-order valence-corrected chi connectivity index (χ4v) is 4.70. The van der Waals surface area contributed by atoms with E-state index in [0.29, 0.717) is 25.0 Å². The van der Waals surface area contributed by atoms with Crippen molar-refractivity contribution in [1.29, 1.82) is 0 Å². The van der Waals surface area contributed by atoms with Gasteiger partial charge in [-0.05, 0) is 62.6 Å². The Kier molecular flexibility index (Phi) is 8.34. The Labute approximate surface area is 193 Å². The van der Waals surface area contributed by atoms with E-state index in [9.17, 15) is 4.79 Å². The maximum absolute atomic E-state index is 12.8. The van der Waals surface area contributed by atoms with Gasteiger partial charge in [-0.15, -0.1) is 6.58 Å². The first-order valence-corrected chi connectivity index (χ1v) is 11.7. The number of hydrogen-bond acceptors (Lipinski definition) is 4. The molecule has 0 unspecified atom stereocenters. The number of rotatable bonds is 9. The minimum atomic E-state index is 0.0839. The number of ether oxygens (including phenoxy) is 1. The highest BCUT2D eigenvalue weighted by atomic mass is 16.5. The van der Waals surface area contributed by atoms with Crippen LogP contribution in [0, 0.1) is 5.92 Å². The molecule has 1 aliphatic heterocycles. The molecule has 0 saturated carbocycles. The van der Waals surface area contributed by atoms with Gasteiger partial charge in [-0.25, -0.2) is 0 Å². The number of hydrogen-bond donors (Lipinski definition) is 0. The summed E-state index contributed by atoms with van der Waals surface area (Å²) in [6, 6.07) is 16.7. The van der Waals surface area contributed by atoms with Crippen LogP contribution < -0.4 is 9.64 Å². The maximum Gasteiger partial charge on any atom is 0.253 e. The Bertz CT molecular complexity index is 892. The van der Waals surface area contributed by atoms with Crippen LogP contribution >= 0.6 is 0 Å². The second-order valence-electron chi connectivity index (χ2n) is 8.48. The molecule has 0 aliphatic carbocycles. The highest BCUT2D eigenvalue weighted by Gasteiger charge is 2.31. The third-order valence-corrected chi connectivity index (χ3v) is 6.44. The predicted octanol–water partition coefficient (Wildman–Crippen LogP) is 5.21. The normalized spacial score (nSPS) is 18.8. The minimum Gasteiger partial charge on any atom is -0.497 e. The topological polar surface area (TPSA) is 36.0 Å². The van der Waals surface area contributed by atoms with E-state index >= 15 is 0 Å². The van der Waals surface area contributed by atoms with Gasteiger partial charge in [0, 0.05) is 61.8 Å². The first-order valence-electron chi connectivity index (χ1n) is 11.7. The van der Waals surface area contributed by atoms with Crippen molar-refractivity contribution in [2.24, 2.45) is 5.92 Å². The highest BCUT2D eigenvalue weighted by molar-refractivity contribution is 5.94. The van der Waals surface area contributed by atoms with Crippen LogP contribution in [-0.4, -0.2) is 61.6 Å². The van der Waals surface area contributed by atoms with Crippen molar-refractivity contribution in [1.82, 2.24) is 9.80 Å². The molecule has 5 nitrogen and oxygen atoms in total. The van der Waals surface area contributed by atoms with Gasteiger partial charge < -0.3 is 14.5 Å². The van der Waals surface area contributed by atoms with Crippen LogP contribution in [0.3, 0.4) is 0 Å². The van der Waals surface area contributed by atoms with Gasteiger partial charge in [0.05, 0.1) is 7.11 Å². The summed E-state index contributed by atoms with van der Waals surface area (Å²) in [5, 5.41) is 0. The average molecular weight is 436 g/mol. The summed E-state index contributed by atoms with van der Waals surface area (Å²) in [5.74, 6) is 1.41. The molecule has 3 rings (SSSR count). The first-order chi connectivity index (χ1) is 15.5. The van der Waals surface area contributed by atoms with E-state index in [2.05, 4.69) is 47.6 Å². The number of anilines is 2. The summed E-state index contributed by atoms with van der Waals surface area (Å²) in [6.07, 6.45) is 3.05. The number of benzene rings is 2. The zero-order valence-corrected chi connectivity index (χ0v) is 20.0. The van der Waals surface area contributed by atoms with E-state index < -0.39 is 0 Å². The predicted molar refractivity (Wildman–Crippen MR) is 133 cm³/mol. The Hall–Kier alpha value is -2.79. The number of carbonyl (C=O) groups excluding carboxylic acids is 1. The molecule has 0 bridgehead atoms. The van der Waals surface area contributed by atoms with E-state index in [1.807, 2.05) is 49.1 Å². The fourth-order valence-electron chi connectivity index (χ4n) is 4.70. The van der Waals surface area contributed by atoms with Crippen molar-refractivity contribution in [3.63, 3.8) is 0 Å². The molecule has 172 valence electrons. The summed E-state index contributed by atoms with van der Waals surface area (Å²) in [5.41, 5.74) is 2.95. The van der Waals surface area contributed by atoms with Crippen LogP contribution in [0.4, 0.5) is 11.4 Å². The molecule has 1 aliphatic rings. The van der Waals surface area contributed by atoms with Crippen molar-refractivity contribution in [2.75, 3.05) is 44.7 Å². The lowest BCUT2D eigenvalue weighted by atomic mass is 9.91. The van der Waals surface area contributed by atoms with Crippen LogP contribution in [0.25, 0.3) is 0 Å². The number of amides is 1. The molecular weight excluding hydrogens is 398 g/mol.